The summed E-state index contributed by atoms with van der Waals surface area (Å²) in [5.41, 5.74) is 1.66. The van der Waals surface area contributed by atoms with Crippen molar-refractivity contribution in [2.24, 2.45) is 0 Å². The molecule has 2 rings (SSSR count). The summed E-state index contributed by atoms with van der Waals surface area (Å²) < 4.78 is 132. The lowest BCUT2D eigenvalue weighted by Gasteiger charge is -2.09. The van der Waals surface area contributed by atoms with Crippen LogP contribution in [0.2, 0.25) is 0 Å². The molecule has 2 aromatic rings. The Morgan fingerprint density at radius 2 is 0.479 bits per heavy atom. The molecule has 0 unspecified atom stereocenters. The van der Waals surface area contributed by atoms with E-state index >= 15 is 0 Å². The van der Waals surface area contributed by atoms with Gasteiger partial charge in [-0.05, 0) is 12.5 Å². The molecule has 2 N–H and O–H groups in total. The Morgan fingerprint density at radius 1 is 0.287 bits per heavy atom. The fourth-order valence-corrected chi connectivity index (χ4v) is 7.00. The number of hydrogen-bond donors (Lipinski definition) is 2. The molecule has 1 amide bonds. The normalized spacial score (nSPS) is 11.6. The summed E-state index contributed by atoms with van der Waals surface area (Å²) in [7, 11) is 0. The predicted octanol–water partition coefficient (Wildman–Crippen LogP) is 0.774. The second-order valence-corrected chi connectivity index (χ2v) is 19.3. The van der Waals surface area contributed by atoms with Crippen molar-refractivity contribution in [2.45, 2.75) is 19.8 Å². The fourth-order valence-electron chi connectivity index (χ4n) is 7.00. The summed E-state index contributed by atoms with van der Waals surface area (Å²) in [5, 5.41) is 27.3. The van der Waals surface area contributed by atoms with Crippen LogP contribution in [0.15, 0.2) is 24.3 Å². The first-order valence-corrected chi connectivity index (χ1v) is 32.5. The Bertz CT molecular complexity index is 1880. The number of amides is 1. The van der Waals surface area contributed by atoms with Gasteiger partial charge in [-0.25, -0.2) is 0 Å². The summed E-state index contributed by atoms with van der Waals surface area (Å²) in [6.45, 7) is 24.0. The Labute approximate surface area is 554 Å². The fraction of sp³-hybridized carbons (Fsp3) is 0.839. The molecule has 0 atom stereocenters. The number of aromatic nitrogens is 4. The van der Waals surface area contributed by atoms with Crippen LogP contribution in [-0.4, -0.2) is 361 Å². The second kappa shape index (κ2) is 71.9. The van der Waals surface area contributed by atoms with E-state index in [9.17, 15) is 9.59 Å². The highest BCUT2D eigenvalue weighted by atomic mass is 16.6. The Hall–Kier alpha value is -3.86. The average molecular weight is 1360 g/mol. The zero-order chi connectivity index (χ0) is 66.9. The number of carbonyl (C=O) groups excluding carboxylic acids is 1. The Kier molecular flexibility index (Phi) is 66.0. The first-order chi connectivity index (χ1) is 46.5. The zero-order valence-corrected chi connectivity index (χ0v) is 55.7. The topological polar surface area (TPSA) is 339 Å². The van der Waals surface area contributed by atoms with Crippen molar-refractivity contribution < 1.29 is 128 Å². The van der Waals surface area contributed by atoms with Gasteiger partial charge < -0.3 is 124 Å². The van der Waals surface area contributed by atoms with Gasteiger partial charge in [0.1, 0.15) is 0 Å². The number of carbonyl (C=O) groups is 2. The number of aliphatic carboxylic acids is 1. The number of nitrogens with zero attached hydrogens (tertiary/aromatic N) is 4. The summed E-state index contributed by atoms with van der Waals surface area (Å²) in [5.74, 6) is -0.0271. The summed E-state index contributed by atoms with van der Waals surface area (Å²) in [6.07, 6.45) is 0.246. The minimum atomic E-state index is -0.881. The quantitative estimate of drug-likeness (QED) is 0.0864. The first-order valence-electron chi connectivity index (χ1n) is 32.5. The van der Waals surface area contributed by atoms with E-state index < -0.39 is 5.97 Å². The molecular formula is C62H111N5O27. The predicted molar refractivity (Wildman–Crippen MR) is 336 cm³/mol. The van der Waals surface area contributed by atoms with Crippen molar-refractivity contribution in [2.75, 3.05) is 324 Å². The van der Waals surface area contributed by atoms with E-state index in [4.69, 9.17) is 119 Å². The number of ether oxygens (including phenoxy) is 24. The van der Waals surface area contributed by atoms with Crippen molar-refractivity contribution in [3.8, 4) is 11.4 Å². The number of benzene rings is 1. The standard InChI is InChI=1S/C62H111N5O27/c1-57-64-66-62(67-65-57)59-4-2-58(3-5-59)56-60(68)63-7-9-72-11-13-74-15-17-76-19-21-78-23-25-80-27-29-82-31-33-84-35-37-86-39-41-88-43-45-90-47-49-92-51-53-94-55-54-93-52-50-91-48-46-89-44-42-87-40-38-85-36-34-83-32-30-81-28-26-79-24-22-77-20-18-75-16-14-73-12-10-71-8-6-61(69)70/h2-5H,6-56H2,1H3,(H,63,68)(H,69,70). The van der Waals surface area contributed by atoms with Crippen molar-refractivity contribution in [3.63, 3.8) is 0 Å². The molecule has 0 saturated heterocycles. The molecule has 0 saturated carbocycles. The van der Waals surface area contributed by atoms with E-state index in [-0.39, 0.29) is 25.4 Å². The number of aryl methyl sites for hydroxylation is 1. The van der Waals surface area contributed by atoms with E-state index in [0.717, 1.165) is 11.1 Å². The first kappa shape index (κ1) is 86.2. The van der Waals surface area contributed by atoms with Crippen LogP contribution in [0.25, 0.3) is 11.4 Å². The highest BCUT2D eigenvalue weighted by molar-refractivity contribution is 5.78. The number of nitrogens with one attached hydrogen (secondary N) is 1. The van der Waals surface area contributed by atoms with Gasteiger partial charge in [-0.1, -0.05) is 24.3 Å². The van der Waals surface area contributed by atoms with Crippen LogP contribution in [0.1, 0.15) is 17.8 Å². The van der Waals surface area contributed by atoms with E-state index in [1.807, 2.05) is 24.3 Å². The van der Waals surface area contributed by atoms with E-state index in [1.165, 1.54) is 0 Å². The Balaban J connectivity index is 1.10. The SMILES string of the molecule is Cc1nnc(-c2ccc(CC(=O)NCCOCCOCCOCCOCCOCCOCCOCCOCCOCCOCCOCCOCCOCCOCCOCCOCCOCCOCCOCCOCCOCCOCCOCCOCCC(=O)O)cc2)nn1. The van der Waals surface area contributed by atoms with Gasteiger partial charge in [0.05, 0.1) is 330 Å². The molecule has 94 heavy (non-hydrogen) atoms. The van der Waals surface area contributed by atoms with Gasteiger partial charge in [-0.2, -0.15) is 0 Å². The van der Waals surface area contributed by atoms with Crippen molar-refractivity contribution in [3.05, 3.63) is 35.7 Å². The van der Waals surface area contributed by atoms with Crippen LogP contribution in [0.3, 0.4) is 0 Å². The van der Waals surface area contributed by atoms with Gasteiger partial charge in [0.15, 0.2) is 5.82 Å². The van der Waals surface area contributed by atoms with Crippen molar-refractivity contribution >= 4 is 11.9 Å². The number of carboxylic acids is 1. The summed E-state index contributed by atoms with van der Waals surface area (Å²) in [6, 6.07) is 7.41. The van der Waals surface area contributed by atoms with Gasteiger partial charge in [0, 0.05) is 12.1 Å². The summed E-state index contributed by atoms with van der Waals surface area (Å²) in [4.78, 5) is 22.6. The second-order valence-electron chi connectivity index (χ2n) is 19.3. The van der Waals surface area contributed by atoms with Crippen LogP contribution >= 0.6 is 0 Å². The molecule has 0 spiro atoms. The molecule has 32 heteroatoms. The monoisotopic (exact) mass is 1360 g/mol. The van der Waals surface area contributed by atoms with Crippen LogP contribution in [-0.2, 0) is 130 Å². The lowest BCUT2D eigenvalue weighted by molar-refractivity contribution is -0.138. The van der Waals surface area contributed by atoms with Crippen LogP contribution < -0.4 is 5.32 Å². The van der Waals surface area contributed by atoms with Crippen LogP contribution in [0.5, 0.6) is 0 Å². The van der Waals surface area contributed by atoms with Crippen LogP contribution in [0.4, 0.5) is 0 Å². The molecule has 1 heterocycles. The zero-order valence-electron chi connectivity index (χ0n) is 55.7. The molecule has 0 aliphatic carbocycles. The number of carboxylic acid groups (broad SMARTS) is 1. The van der Waals surface area contributed by atoms with Gasteiger partial charge >= 0.3 is 5.97 Å². The van der Waals surface area contributed by atoms with Crippen molar-refractivity contribution in [1.82, 2.24) is 25.7 Å². The molecule has 0 aliphatic heterocycles. The van der Waals surface area contributed by atoms with Gasteiger partial charge in [-0.3, -0.25) is 9.59 Å². The molecule has 32 nitrogen and oxygen atoms in total. The van der Waals surface area contributed by atoms with Gasteiger partial charge in [0.25, 0.3) is 0 Å². The highest BCUT2D eigenvalue weighted by Crippen LogP contribution is 2.14. The minimum Gasteiger partial charge on any atom is -0.481 e. The smallest absolute Gasteiger partial charge is 0.305 e. The highest BCUT2D eigenvalue weighted by Gasteiger charge is 2.08. The molecule has 0 fully saturated rings. The molecular weight excluding hydrogens is 1250 g/mol. The third kappa shape index (κ3) is 64.2. The molecule has 546 valence electrons. The van der Waals surface area contributed by atoms with Gasteiger partial charge in [-0.15, -0.1) is 20.4 Å². The van der Waals surface area contributed by atoms with Gasteiger partial charge in [0.2, 0.25) is 11.7 Å². The van der Waals surface area contributed by atoms with E-state index in [0.29, 0.717) is 329 Å². The van der Waals surface area contributed by atoms with Crippen molar-refractivity contribution in [1.29, 1.82) is 0 Å². The third-order valence-electron chi connectivity index (χ3n) is 11.7. The minimum absolute atomic E-state index is 0.0117. The summed E-state index contributed by atoms with van der Waals surface area (Å²) >= 11 is 0. The largest absolute Gasteiger partial charge is 0.481 e. The number of rotatable bonds is 78. The molecule has 0 radical (unpaired) electrons. The van der Waals surface area contributed by atoms with E-state index in [2.05, 4.69) is 25.7 Å². The molecule has 0 bridgehead atoms. The van der Waals surface area contributed by atoms with Crippen LogP contribution in [0, 0.1) is 6.92 Å². The maximum Gasteiger partial charge on any atom is 0.305 e. The molecule has 0 aliphatic rings. The lowest BCUT2D eigenvalue weighted by atomic mass is 10.1. The third-order valence-corrected chi connectivity index (χ3v) is 11.7. The Morgan fingerprint density at radius 3 is 0.681 bits per heavy atom. The molecule has 1 aromatic heterocycles. The maximum atomic E-state index is 12.3. The lowest BCUT2D eigenvalue weighted by Crippen LogP contribution is -2.29. The number of hydrogen-bond acceptors (Lipinski definition) is 30. The average Bonchev–Trinajstić information content (AvgIpc) is 0.953. The molecule has 1 aromatic carbocycles. The van der Waals surface area contributed by atoms with E-state index in [1.54, 1.807) is 6.92 Å². The maximum absolute atomic E-state index is 12.3.